The Morgan fingerprint density at radius 1 is 1.14 bits per heavy atom. The Morgan fingerprint density at radius 3 is 2.57 bits per heavy atom. The summed E-state index contributed by atoms with van der Waals surface area (Å²) in [5.74, 6) is 0.428. The number of halogens is 1. The van der Waals surface area contributed by atoms with Crippen LogP contribution in [0.15, 0.2) is 48.5 Å². The summed E-state index contributed by atoms with van der Waals surface area (Å²) in [6.07, 6.45) is 0. The van der Waals surface area contributed by atoms with E-state index >= 15 is 0 Å². The average molecular weight is 318 g/mol. The third-order valence-electron chi connectivity index (χ3n) is 3.06. The Hall–Kier alpha value is -2.04. The first-order valence-electron chi connectivity index (χ1n) is 6.31. The molecule has 5 heteroatoms. The zero-order chi connectivity index (χ0) is 14.8. The number of benzene rings is 2. The minimum Gasteiger partial charge on any atom is -0.494 e. The zero-order valence-corrected chi connectivity index (χ0v) is 12.8. The SMILES string of the molecule is COc1c(C(=O)Nc2ccc(Cl)cc2)sc2ccccc12. The molecular weight excluding hydrogens is 306 g/mol. The molecule has 1 aromatic heterocycles. The van der Waals surface area contributed by atoms with Gasteiger partial charge in [0.1, 0.15) is 10.6 Å². The summed E-state index contributed by atoms with van der Waals surface area (Å²) in [5.41, 5.74) is 0.698. The van der Waals surface area contributed by atoms with Gasteiger partial charge in [-0.3, -0.25) is 4.79 Å². The minimum absolute atomic E-state index is 0.185. The lowest BCUT2D eigenvalue weighted by Crippen LogP contribution is -2.11. The molecule has 0 aliphatic rings. The molecule has 3 rings (SSSR count). The molecule has 1 amide bonds. The number of hydrogen-bond donors (Lipinski definition) is 1. The number of ether oxygens (including phenoxy) is 1. The second kappa shape index (κ2) is 5.76. The summed E-state index contributed by atoms with van der Waals surface area (Å²) >= 11 is 7.25. The van der Waals surface area contributed by atoms with Gasteiger partial charge in [-0.25, -0.2) is 0 Å². The van der Waals surface area contributed by atoms with E-state index in [0.717, 1.165) is 10.1 Å². The molecule has 1 N–H and O–H groups in total. The number of fused-ring (bicyclic) bond motifs is 1. The van der Waals surface area contributed by atoms with Crippen molar-refractivity contribution >= 4 is 44.6 Å². The van der Waals surface area contributed by atoms with Crippen molar-refractivity contribution in [3.8, 4) is 5.75 Å². The Kier molecular flexibility index (Phi) is 3.82. The first-order chi connectivity index (χ1) is 10.2. The number of amides is 1. The van der Waals surface area contributed by atoms with E-state index in [0.29, 0.717) is 21.3 Å². The predicted octanol–water partition coefficient (Wildman–Crippen LogP) is 4.82. The fourth-order valence-corrected chi connectivity index (χ4v) is 3.29. The topological polar surface area (TPSA) is 38.3 Å². The zero-order valence-electron chi connectivity index (χ0n) is 11.2. The normalized spacial score (nSPS) is 10.6. The first kappa shape index (κ1) is 13.9. The molecule has 0 bridgehead atoms. The Balaban J connectivity index is 1.95. The summed E-state index contributed by atoms with van der Waals surface area (Å²) in [6, 6.07) is 14.8. The van der Waals surface area contributed by atoms with Crippen LogP contribution in [0, 0.1) is 0 Å². The van der Waals surface area contributed by atoms with E-state index < -0.39 is 0 Å². The van der Waals surface area contributed by atoms with Gasteiger partial charge < -0.3 is 10.1 Å². The minimum atomic E-state index is -0.185. The smallest absolute Gasteiger partial charge is 0.269 e. The molecule has 0 spiro atoms. The van der Waals surface area contributed by atoms with Crippen molar-refractivity contribution in [2.45, 2.75) is 0 Å². The Bertz CT molecular complexity index is 796. The van der Waals surface area contributed by atoms with Crippen molar-refractivity contribution in [3.63, 3.8) is 0 Å². The molecular formula is C16H12ClNO2S. The summed E-state index contributed by atoms with van der Waals surface area (Å²) < 4.78 is 6.43. The third-order valence-corrected chi connectivity index (χ3v) is 4.47. The van der Waals surface area contributed by atoms with Gasteiger partial charge in [-0.2, -0.15) is 0 Å². The van der Waals surface area contributed by atoms with Gasteiger partial charge in [-0.1, -0.05) is 23.7 Å². The number of rotatable bonds is 3. The van der Waals surface area contributed by atoms with E-state index in [9.17, 15) is 4.79 Å². The summed E-state index contributed by atoms with van der Waals surface area (Å²) in [4.78, 5) is 13.0. The third kappa shape index (κ3) is 2.73. The number of hydrogen-bond acceptors (Lipinski definition) is 3. The summed E-state index contributed by atoms with van der Waals surface area (Å²) in [6.45, 7) is 0. The van der Waals surface area contributed by atoms with Crippen LogP contribution in [0.4, 0.5) is 5.69 Å². The second-order valence-corrected chi connectivity index (χ2v) is 5.91. The van der Waals surface area contributed by atoms with Gasteiger partial charge in [0.05, 0.1) is 7.11 Å². The molecule has 0 aliphatic heterocycles. The lowest BCUT2D eigenvalue weighted by atomic mass is 10.2. The molecule has 0 unspecified atom stereocenters. The standard InChI is InChI=1S/C16H12ClNO2S/c1-20-14-12-4-2-3-5-13(12)21-15(14)16(19)18-11-8-6-10(17)7-9-11/h2-9H,1H3,(H,18,19). The molecule has 0 saturated heterocycles. The fourth-order valence-electron chi connectivity index (χ4n) is 2.10. The van der Waals surface area contributed by atoms with Crippen molar-refractivity contribution in [2.24, 2.45) is 0 Å². The maximum absolute atomic E-state index is 12.4. The van der Waals surface area contributed by atoms with Gasteiger partial charge in [0.2, 0.25) is 0 Å². The monoisotopic (exact) mass is 317 g/mol. The second-order valence-electron chi connectivity index (χ2n) is 4.42. The van der Waals surface area contributed by atoms with E-state index in [-0.39, 0.29) is 5.91 Å². The van der Waals surface area contributed by atoms with Gasteiger partial charge in [-0.05, 0) is 36.4 Å². The summed E-state index contributed by atoms with van der Waals surface area (Å²) in [7, 11) is 1.58. The number of thiophene rings is 1. The summed E-state index contributed by atoms with van der Waals surface area (Å²) in [5, 5.41) is 4.44. The van der Waals surface area contributed by atoms with Crippen LogP contribution < -0.4 is 10.1 Å². The lowest BCUT2D eigenvalue weighted by Gasteiger charge is -2.05. The number of carbonyl (C=O) groups excluding carboxylic acids is 1. The molecule has 0 saturated carbocycles. The average Bonchev–Trinajstić information content (AvgIpc) is 2.88. The van der Waals surface area contributed by atoms with E-state index in [1.54, 1.807) is 31.4 Å². The lowest BCUT2D eigenvalue weighted by molar-refractivity contribution is 0.102. The predicted molar refractivity (Wildman–Crippen MR) is 87.8 cm³/mol. The first-order valence-corrected chi connectivity index (χ1v) is 7.51. The highest BCUT2D eigenvalue weighted by Crippen LogP contribution is 2.37. The maximum Gasteiger partial charge on any atom is 0.269 e. The van der Waals surface area contributed by atoms with E-state index in [2.05, 4.69) is 5.32 Å². The molecule has 3 nitrogen and oxygen atoms in total. The molecule has 0 aliphatic carbocycles. The highest BCUT2D eigenvalue weighted by Gasteiger charge is 2.19. The molecule has 0 atom stereocenters. The quantitative estimate of drug-likeness (QED) is 0.752. The fraction of sp³-hybridized carbons (Fsp3) is 0.0625. The van der Waals surface area contributed by atoms with Crippen molar-refractivity contribution in [1.29, 1.82) is 0 Å². The molecule has 0 radical (unpaired) electrons. The molecule has 21 heavy (non-hydrogen) atoms. The molecule has 106 valence electrons. The van der Waals surface area contributed by atoms with Crippen LogP contribution in [0.5, 0.6) is 5.75 Å². The van der Waals surface area contributed by atoms with Crippen LogP contribution in [0.2, 0.25) is 5.02 Å². The molecule has 1 heterocycles. The molecule has 0 fully saturated rings. The highest BCUT2D eigenvalue weighted by atomic mass is 35.5. The molecule has 2 aromatic carbocycles. The maximum atomic E-state index is 12.4. The van der Waals surface area contributed by atoms with Crippen molar-refractivity contribution in [3.05, 3.63) is 58.4 Å². The number of carbonyl (C=O) groups is 1. The van der Waals surface area contributed by atoms with Gasteiger partial charge in [0.25, 0.3) is 5.91 Å². The van der Waals surface area contributed by atoms with E-state index in [4.69, 9.17) is 16.3 Å². The van der Waals surface area contributed by atoms with Crippen LogP contribution in [0.1, 0.15) is 9.67 Å². The number of methoxy groups -OCH3 is 1. The Morgan fingerprint density at radius 2 is 1.86 bits per heavy atom. The van der Waals surface area contributed by atoms with Crippen LogP contribution in [-0.2, 0) is 0 Å². The number of anilines is 1. The van der Waals surface area contributed by atoms with E-state index in [1.165, 1.54) is 11.3 Å². The van der Waals surface area contributed by atoms with Crippen molar-refractivity contribution < 1.29 is 9.53 Å². The van der Waals surface area contributed by atoms with Crippen molar-refractivity contribution in [2.75, 3.05) is 12.4 Å². The van der Waals surface area contributed by atoms with Crippen LogP contribution in [0.25, 0.3) is 10.1 Å². The van der Waals surface area contributed by atoms with Crippen LogP contribution in [-0.4, -0.2) is 13.0 Å². The van der Waals surface area contributed by atoms with Gasteiger partial charge in [-0.15, -0.1) is 11.3 Å². The van der Waals surface area contributed by atoms with Gasteiger partial charge in [0.15, 0.2) is 0 Å². The molecule has 3 aromatic rings. The van der Waals surface area contributed by atoms with E-state index in [1.807, 2.05) is 24.3 Å². The van der Waals surface area contributed by atoms with Crippen LogP contribution in [0.3, 0.4) is 0 Å². The van der Waals surface area contributed by atoms with Gasteiger partial charge >= 0.3 is 0 Å². The highest BCUT2D eigenvalue weighted by molar-refractivity contribution is 7.21. The van der Waals surface area contributed by atoms with Crippen LogP contribution >= 0.6 is 22.9 Å². The largest absolute Gasteiger partial charge is 0.494 e. The van der Waals surface area contributed by atoms with Gasteiger partial charge in [0, 0.05) is 20.8 Å². The number of nitrogens with one attached hydrogen (secondary N) is 1. The van der Waals surface area contributed by atoms with Crippen molar-refractivity contribution in [1.82, 2.24) is 0 Å². The Labute approximate surface area is 131 Å².